The number of rotatable bonds is 5. The number of hydrogen-bond donors (Lipinski definition) is 0. The molecule has 1 heterocycles. The molecule has 1 rings (SSSR count). The van der Waals surface area contributed by atoms with Crippen LogP contribution in [-0.4, -0.2) is 18.1 Å². The van der Waals surface area contributed by atoms with E-state index in [0.29, 0.717) is 0 Å². The van der Waals surface area contributed by atoms with Crippen molar-refractivity contribution in [1.29, 1.82) is 0 Å². The first-order chi connectivity index (χ1) is 6.38. The molecule has 0 aromatic carbocycles. The third-order valence-corrected chi connectivity index (χ3v) is 2.00. The summed E-state index contributed by atoms with van der Waals surface area (Å²) in [5.74, 6) is 0. The zero-order chi connectivity index (χ0) is 9.52. The van der Waals surface area contributed by atoms with E-state index in [1.54, 1.807) is 0 Å². The second-order valence-corrected chi connectivity index (χ2v) is 3.20. The van der Waals surface area contributed by atoms with Gasteiger partial charge in [0.1, 0.15) is 0 Å². The molecule has 0 amide bonds. The smallest absolute Gasteiger partial charge is 0.0552 e. The molecule has 13 heavy (non-hydrogen) atoms. The van der Waals surface area contributed by atoms with Crippen molar-refractivity contribution in [1.82, 2.24) is 4.98 Å². The van der Waals surface area contributed by atoms with Crippen molar-refractivity contribution in [2.75, 3.05) is 18.0 Å². The van der Waals surface area contributed by atoms with Crippen LogP contribution in [0, 0.1) is 0 Å². The van der Waals surface area contributed by atoms with Gasteiger partial charge in [0.15, 0.2) is 0 Å². The third kappa shape index (κ3) is 3.05. The summed E-state index contributed by atoms with van der Waals surface area (Å²) >= 11 is 0. The second kappa shape index (κ2) is 5.57. The van der Waals surface area contributed by atoms with Gasteiger partial charge in [0, 0.05) is 19.3 Å². The van der Waals surface area contributed by atoms with Crippen molar-refractivity contribution in [2.24, 2.45) is 0 Å². The monoisotopic (exact) mass is 178 g/mol. The molecule has 1 aromatic rings. The lowest BCUT2D eigenvalue weighted by molar-refractivity contribution is 0.743. The van der Waals surface area contributed by atoms with Gasteiger partial charge in [0.25, 0.3) is 0 Å². The van der Waals surface area contributed by atoms with Gasteiger partial charge in [-0.05, 0) is 25.0 Å². The number of aromatic nitrogens is 1. The summed E-state index contributed by atoms with van der Waals surface area (Å²) in [5.41, 5.74) is 1.24. The molecule has 0 saturated heterocycles. The molecule has 0 aliphatic heterocycles. The van der Waals surface area contributed by atoms with Crippen molar-refractivity contribution in [3.05, 3.63) is 24.5 Å². The molecule has 0 aliphatic rings. The number of nitrogens with zero attached hydrogens (tertiary/aromatic N) is 2. The maximum atomic E-state index is 4.13. The van der Waals surface area contributed by atoms with E-state index in [1.807, 2.05) is 18.5 Å². The van der Waals surface area contributed by atoms with Crippen molar-refractivity contribution in [2.45, 2.75) is 26.7 Å². The molecule has 2 nitrogen and oxygen atoms in total. The molecule has 0 spiro atoms. The standard InChI is InChI=1S/C11H18N2/c1-3-8-13(9-4-2)11-6-5-7-12-10-11/h5-7,10H,3-4,8-9H2,1-2H3. The Labute approximate surface area is 80.6 Å². The zero-order valence-electron chi connectivity index (χ0n) is 8.53. The largest absolute Gasteiger partial charge is 0.370 e. The highest BCUT2D eigenvalue weighted by molar-refractivity contribution is 5.43. The van der Waals surface area contributed by atoms with Crippen LogP contribution in [0.15, 0.2) is 24.5 Å². The summed E-state index contributed by atoms with van der Waals surface area (Å²) in [6.07, 6.45) is 6.13. The highest BCUT2D eigenvalue weighted by Gasteiger charge is 2.02. The van der Waals surface area contributed by atoms with Crippen LogP contribution >= 0.6 is 0 Å². The van der Waals surface area contributed by atoms with E-state index in [9.17, 15) is 0 Å². The highest BCUT2D eigenvalue weighted by Crippen LogP contribution is 2.11. The summed E-state index contributed by atoms with van der Waals surface area (Å²) in [5, 5.41) is 0. The molecule has 0 bridgehead atoms. The predicted molar refractivity (Wildman–Crippen MR) is 57.0 cm³/mol. The molecule has 0 atom stereocenters. The summed E-state index contributed by atoms with van der Waals surface area (Å²) in [6.45, 7) is 6.66. The van der Waals surface area contributed by atoms with Gasteiger partial charge in [0.2, 0.25) is 0 Å². The van der Waals surface area contributed by atoms with Crippen molar-refractivity contribution in [3.8, 4) is 0 Å². The van der Waals surface area contributed by atoms with Crippen molar-refractivity contribution in [3.63, 3.8) is 0 Å². The Kier molecular flexibility index (Phi) is 4.30. The molecule has 0 saturated carbocycles. The third-order valence-electron chi connectivity index (χ3n) is 2.00. The summed E-state index contributed by atoms with van der Waals surface area (Å²) in [6, 6.07) is 4.12. The lowest BCUT2D eigenvalue weighted by Crippen LogP contribution is -2.24. The van der Waals surface area contributed by atoms with Crippen molar-refractivity contribution >= 4 is 5.69 Å². The minimum Gasteiger partial charge on any atom is -0.370 e. The summed E-state index contributed by atoms with van der Waals surface area (Å²) in [7, 11) is 0. The molecule has 0 N–H and O–H groups in total. The maximum Gasteiger partial charge on any atom is 0.0552 e. The van der Waals surface area contributed by atoms with Gasteiger partial charge in [-0.25, -0.2) is 0 Å². The Morgan fingerprint density at radius 1 is 1.23 bits per heavy atom. The SMILES string of the molecule is CCCN(CCC)c1cccnc1. The first-order valence-electron chi connectivity index (χ1n) is 5.03. The number of pyridine rings is 1. The number of hydrogen-bond acceptors (Lipinski definition) is 2. The summed E-state index contributed by atoms with van der Waals surface area (Å²) in [4.78, 5) is 6.51. The fraction of sp³-hybridized carbons (Fsp3) is 0.545. The quantitative estimate of drug-likeness (QED) is 0.689. The van der Waals surface area contributed by atoms with Gasteiger partial charge in [-0.3, -0.25) is 4.98 Å². The Morgan fingerprint density at radius 3 is 2.38 bits per heavy atom. The predicted octanol–water partition coefficient (Wildman–Crippen LogP) is 2.71. The average molecular weight is 178 g/mol. The Morgan fingerprint density at radius 2 is 1.92 bits per heavy atom. The van der Waals surface area contributed by atoms with E-state index < -0.39 is 0 Å². The molecule has 2 heteroatoms. The van der Waals surface area contributed by atoms with Gasteiger partial charge < -0.3 is 4.90 Å². The van der Waals surface area contributed by atoms with E-state index in [1.165, 1.54) is 18.5 Å². The molecule has 0 unspecified atom stereocenters. The lowest BCUT2D eigenvalue weighted by Gasteiger charge is -2.22. The fourth-order valence-electron chi connectivity index (χ4n) is 1.45. The Bertz CT molecular complexity index is 215. The first-order valence-corrected chi connectivity index (χ1v) is 5.03. The van der Waals surface area contributed by atoms with E-state index >= 15 is 0 Å². The fourth-order valence-corrected chi connectivity index (χ4v) is 1.45. The average Bonchev–Trinajstić information content (AvgIpc) is 2.19. The molecular formula is C11H18N2. The van der Waals surface area contributed by atoms with Crippen LogP contribution in [-0.2, 0) is 0 Å². The highest BCUT2D eigenvalue weighted by atomic mass is 15.1. The zero-order valence-corrected chi connectivity index (χ0v) is 8.53. The summed E-state index contributed by atoms with van der Waals surface area (Å²) < 4.78 is 0. The topological polar surface area (TPSA) is 16.1 Å². The van der Waals surface area contributed by atoms with Gasteiger partial charge in [-0.2, -0.15) is 0 Å². The van der Waals surface area contributed by atoms with Crippen LogP contribution in [0.25, 0.3) is 0 Å². The van der Waals surface area contributed by atoms with E-state index in [-0.39, 0.29) is 0 Å². The van der Waals surface area contributed by atoms with Crippen LogP contribution in [0.3, 0.4) is 0 Å². The molecule has 1 aromatic heterocycles. The normalized spacial score (nSPS) is 10.0. The molecule has 0 radical (unpaired) electrons. The van der Waals surface area contributed by atoms with Gasteiger partial charge in [0.05, 0.1) is 11.9 Å². The molecule has 72 valence electrons. The first kappa shape index (κ1) is 10.0. The van der Waals surface area contributed by atoms with E-state index in [2.05, 4.69) is 29.8 Å². The van der Waals surface area contributed by atoms with Crippen molar-refractivity contribution < 1.29 is 0 Å². The molecular weight excluding hydrogens is 160 g/mol. The Hall–Kier alpha value is -1.05. The van der Waals surface area contributed by atoms with Crippen LogP contribution in [0.2, 0.25) is 0 Å². The van der Waals surface area contributed by atoms with Gasteiger partial charge >= 0.3 is 0 Å². The molecule has 0 fully saturated rings. The van der Waals surface area contributed by atoms with E-state index in [4.69, 9.17) is 0 Å². The minimum absolute atomic E-state index is 1.12. The lowest BCUT2D eigenvalue weighted by atomic mass is 10.3. The van der Waals surface area contributed by atoms with E-state index in [0.717, 1.165) is 13.1 Å². The van der Waals surface area contributed by atoms with Crippen LogP contribution in [0.1, 0.15) is 26.7 Å². The minimum atomic E-state index is 1.12. The Balaban J connectivity index is 2.64. The number of anilines is 1. The van der Waals surface area contributed by atoms with Crippen LogP contribution < -0.4 is 4.90 Å². The second-order valence-electron chi connectivity index (χ2n) is 3.20. The van der Waals surface area contributed by atoms with Gasteiger partial charge in [-0.1, -0.05) is 13.8 Å². The van der Waals surface area contributed by atoms with Gasteiger partial charge in [-0.15, -0.1) is 0 Å². The van der Waals surface area contributed by atoms with Crippen LogP contribution in [0.5, 0.6) is 0 Å². The van der Waals surface area contributed by atoms with Crippen LogP contribution in [0.4, 0.5) is 5.69 Å². The molecule has 0 aliphatic carbocycles. The maximum absolute atomic E-state index is 4.13.